The molecule has 2 aromatic heterocycles. The van der Waals surface area contributed by atoms with Gasteiger partial charge in [-0.05, 0) is 12.8 Å². The maximum Gasteiger partial charge on any atom is 0.323 e. The predicted molar refractivity (Wildman–Crippen MR) is 73.0 cm³/mol. The Morgan fingerprint density at radius 1 is 1.43 bits per heavy atom. The lowest BCUT2D eigenvalue weighted by atomic mass is 10.1. The maximum absolute atomic E-state index is 12.3. The van der Waals surface area contributed by atoms with E-state index < -0.39 is 0 Å². The number of imidazole rings is 1. The Balaban J connectivity index is 1.65. The first-order valence-electron chi connectivity index (χ1n) is 6.72. The van der Waals surface area contributed by atoms with Gasteiger partial charge in [0.25, 0.3) is 5.91 Å². The highest BCUT2D eigenvalue weighted by atomic mass is 16.5. The van der Waals surface area contributed by atoms with Gasteiger partial charge in [0.2, 0.25) is 5.88 Å². The van der Waals surface area contributed by atoms with Crippen LogP contribution >= 0.6 is 0 Å². The molecule has 3 heterocycles. The highest BCUT2D eigenvalue weighted by Crippen LogP contribution is 2.17. The second-order valence-corrected chi connectivity index (χ2v) is 4.83. The summed E-state index contributed by atoms with van der Waals surface area (Å²) in [5.74, 6) is 0.243. The molecule has 110 valence electrons. The molecule has 0 saturated carbocycles. The van der Waals surface area contributed by atoms with Gasteiger partial charge in [-0.15, -0.1) is 0 Å². The molecule has 3 rings (SSSR count). The summed E-state index contributed by atoms with van der Waals surface area (Å²) >= 11 is 0. The normalized spacial score (nSPS) is 18.5. The third-order valence-electron chi connectivity index (χ3n) is 3.32. The maximum atomic E-state index is 12.3. The SMILES string of the molecule is O=C(c1c[nH]c(=O)[nH]1)N1CCCC(Oc2cnccn2)C1. The molecule has 1 aliphatic heterocycles. The topological polar surface area (TPSA) is 104 Å². The third kappa shape index (κ3) is 3.10. The zero-order valence-electron chi connectivity index (χ0n) is 11.3. The van der Waals surface area contributed by atoms with Crippen molar-refractivity contribution in [1.29, 1.82) is 0 Å². The summed E-state index contributed by atoms with van der Waals surface area (Å²) in [5, 5.41) is 0. The Labute approximate surface area is 120 Å². The summed E-state index contributed by atoms with van der Waals surface area (Å²) in [4.78, 5) is 37.9. The highest BCUT2D eigenvalue weighted by Gasteiger charge is 2.26. The minimum Gasteiger partial charge on any atom is -0.471 e. The average Bonchev–Trinajstić information content (AvgIpc) is 2.94. The van der Waals surface area contributed by atoms with E-state index in [1.54, 1.807) is 23.5 Å². The molecule has 2 aromatic rings. The van der Waals surface area contributed by atoms with E-state index in [1.807, 2.05) is 0 Å². The van der Waals surface area contributed by atoms with Crippen molar-refractivity contribution in [2.45, 2.75) is 18.9 Å². The van der Waals surface area contributed by atoms with Crippen molar-refractivity contribution in [3.8, 4) is 5.88 Å². The van der Waals surface area contributed by atoms with Crippen molar-refractivity contribution < 1.29 is 9.53 Å². The monoisotopic (exact) mass is 289 g/mol. The molecule has 0 radical (unpaired) electrons. The van der Waals surface area contributed by atoms with E-state index in [0.717, 1.165) is 12.8 Å². The van der Waals surface area contributed by atoms with Crippen molar-refractivity contribution >= 4 is 5.91 Å². The molecule has 0 aliphatic carbocycles. The van der Waals surface area contributed by atoms with E-state index >= 15 is 0 Å². The lowest BCUT2D eigenvalue weighted by Gasteiger charge is -2.32. The molecule has 0 spiro atoms. The summed E-state index contributed by atoms with van der Waals surface area (Å²) in [6.45, 7) is 1.11. The van der Waals surface area contributed by atoms with E-state index in [4.69, 9.17) is 4.74 Å². The van der Waals surface area contributed by atoms with E-state index in [9.17, 15) is 9.59 Å². The second kappa shape index (κ2) is 5.78. The fourth-order valence-electron chi connectivity index (χ4n) is 2.35. The number of hydrogen-bond acceptors (Lipinski definition) is 5. The molecule has 2 N–H and O–H groups in total. The standard InChI is InChI=1S/C13H15N5O3/c19-12(10-6-16-13(20)17-10)18-5-1-2-9(8-18)21-11-7-14-3-4-15-11/h3-4,6-7,9H,1-2,5,8H2,(H2,16,17,20). The van der Waals surface area contributed by atoms with Crippen molar-refractivity contribution in [3.05, 3.63) is 41.0 Å². The number of hydrogen-bond donors (Lipinski definition) is 2. The molecular formula is C13H15N5O3. The zero-order chi connectivity index (χ0) is 14.7. The number of nitrogens with one attached hydrogen (secondary N) is 2. The molecule has 8 nitrogen and oxygen atoms in total. The molecule has 0 bridgehead atoms. The zero-order valence-corrected chi connectivity index (χ0v) is 11.3. The molecule has 1 atom stereocenters. The first-order chi connectivity index (χ1) is 10.2. The van der Waals surface area contributed by atoms with Gasteiger partial charge in [-0.3, -0.25) is 9.78 Å². The number of nitrogens with zero attached hydrogens (tertiary/aromatic N) is 3. The van der Waals surface area contributed by atoms with Gasteiger partial charge in [0.1, 0.15) is 11.8 Å². The number of ether oxygens (including phenoxy) is 1. The highest BCUT2D eigenvalue weighted by molar-refractivity contribution is 5.92. The largest absolute Gasteiger partial charge is 0.471 e. The van der Waals surface area contributed by atoms with Crippen LogP contribution in [0.4, 0.5) is 0 Å². The number of rotatable bonds is 3. The molecule has 0 aromatic carbocycles. The molecule has 21 heavy (non-hydrogen) atoms. The predicted octanol–water partition coefficient (Wildman–Crippen LogP) is 0.177. The van der Waals surface area contributed by atoms with Crippen LogP contribution in [0.25, 0.3) is 0 Å². The fourth-order valence-corrected chi connectivity index (χ4v) is 2.35. The number of carbonyl (C=O) groups excluding carboxylic acids is 1. The van der Waals surface area contributed by atoms with Gasteiger partial charge in [-0.1, -0.05) is 0 Å². The Kier molecular flexibility index (Phi) is 3.67. The number of amides is 1. The molecule has 8 heteroatoms. The fraction of sp³-hybridized carbons (Fsp3) is 0.385. The van der Waals surface area contributed by atoms with Crippen molar-refractivity contribution in [3.63, 3.8) is 0 Å². The smallest absolute Gasteiger partial charge is 0.323 e. The summed E-state index contributed by atoms with van der Waals surface area (Å²) in [5.41, 5.74) is -0.122. The Morgan fingerprint density at radius 2 is 2.33 bits per heavy atom. The van der Waals surface area contributed by atoms with Gasteiger partial charge in [0.15, 0.2) is 0 Å². The number of aromatic amines is 2. The Hall–Kier alpha value is -2.64. The molecular weight excluding hydrogens is 274 g/mol. The van der Waals surface area contributed by atoms with Crippen LogP contribution < -0.4 is 10.4 Å². The van der Waals surface area contributed by atoms with Crippen LogP contribution in [0.1, 0.15) is 23.3 Å². The van der Waals surface area contributed by atoms with Crippen molar-refractivity contribution in [2.75, 3.05) is 13.1 Å². The van der Waals surface area contributed by atoms with E-state index in [2.05, 4.69) is 19.9 Å². The van der Waals surface area contributed by atoms with E-state index in [1.165, 1.54) is 6.20 Å². The first kappa shape index (κ1) is 13.3. The molecule has 1 fully saturated rings. The van der Waals surface area contributed by atoms with Gasteiger partial charge < -0.3 is 19.6 Å². The van der Waals surface area contributed by atoms with Crippen LogP contribution in [-0.4, -0.2) is 49.9 Å². The third-order valence-corrected chi connectivity index (χ3v) is 3.32. The van der Waals surface area contributed by atoms with E-state index in [0.29, 0.717) is 19.0 Å². The molecule has 1 amide bonds. The number of piperidine rings is 1. The quantitative estimate of drug-likeness (QED) is 0.838. The van der Waals surface area contributed by atoms with Gasteiger partial charge in [-0.25, -0.2) is 9.78 Å². The summed E-state index contributed by atoms with van der Waals surface area (Å²) in [6.07, 6.45) is 7.64. The summed E-state index contributed by atoms with van der Waals surface area (Å²) in [6, 6.07) is 0. The second-order valence-electron chi connectivity index (χ2n) is 4.83. The van der Waals surface area contributed by atoms with Crippen molar-refractivity contribution in [2.24, 2.45) is 0 Å². The van der Waals surface area contributed by atoms with Crippen LogP contribution in [0, 0.1) is 0 Å². The molecule has 1 unspecified atom stereocenters. The van der Waals surface area contributed by atoms with E-state index in [-0.39, 0.29) is 23.4 Å². The van der Waals surface area contributed by atoms with Gasteiger partial charge in [0, 0.05) is 25.1 Å². The van der Waals surface area contributed by atoms with Crippen LogP contribution in [0.2, 0.25) is 0 Å². The lowest BCUT2D eigenvalue weighted by Crippen LogP contribution is -2.44. The summed E-state index contributed by atoms with van der Waals surface area (Å²) in [7, 11) is 0. The molecule has 1 saturated heterocycles. The van der Waals surface area contributed by atoms with Gasteiger partial charge in [0.05, 0.1) is 12.7 Å². The van der Waals surface area contributed by atoms with Gasteiger partial charge >= 0.3 is 5.69 Å². The number of aromatic nitrogens is 4. The van der Waals surface area contributed by atoms with Crippen LogP contribution in [0.5, 0.6) is 5.88 Å². The Bertz CT molecular complexity index is 666. The Morgan fingerprint density at radius 3 is 3.05 bits per heavy atom. The molecule has 1 aliphatic rings. The lowest BCUT2D eigenvalue weighted by molar-refractivity contribution is 0.0522. The van der Waals surface area contributed by atoms with Crippen LogP contribution in [0.3, 0.4) is 0 Å². The number of carbonyl (C=O) groups is 1. The first-order valence-corrected chi connectivity index (χ1v) is 6.72. The van der Waals surface area contributed by atoms with Crippen molar-refractivity contribution in [1.82, 2.24) is 24.8 Å². The van der Waals surface area contributed by atoms with Crippen LogP contribution in [0.15, 0.2) is 29.6 Å². The number of H-pyrrole nitrogens is 2. The van der Waals surface area contributed by atoms with Crippen LogP contribution in [-0.2, 0) is 0 Å². The minimum atomic E-state index is -0.386. The summed E-state index contributed by atoms with van der Waals surface area (Å²) < 4.78 is 5.73. The number of likely N-dealkylation sites (tertiary alicyclic amines) is 1. The minimum absolute atomic E-state index is 0.120. The average molecular weight is 289 g/mol. The van der Waals surface area contributed by atoms with Gasteiger partial charge in [-0.2, -0.15) is 0 Å².